The molecule has 0 radical (unpaired) electrons. The maximum Gasteiger partial charge on any atom is 0.244 e. The normalized spacial score (nSPS) is 22.0. The van der Waals surface area contributed by atoms with Crippen molar-refractivity contribution >= 4 is 22.4 Å². The Morgan fingerprint density at radius 3 is 2.59 bits per heavy atom. The van der Waals surface area contributed by atoms with E-state index in [1.54, 1.807) is 13.0 Å². The SMILES string of the molecule is COc1cc(C)cc(C)c1S(=O)(=O)NC1CCNCC1C.Cl. The van der Waals surface area contributed by atoms with Gasteiger partial charge in [0.25, 0.3) is 0 Å². The molecule has 0 aromatic heterocycles. The monoisotopic (exact) mass is 348 g/mol. The standard InChI is InChI=1S/C15H24N2O3S.ClH/c1-10-7-11(2)15(14(8-10)20-4)21(18,19)17-13-5-6-16-9-12(13)3;/h7-8,12-13,16-17H,5-6,9H2,1-4H3;1H. The second kappa shape index (κ2) is 7.64. The average molecular weight is 349 g/mol. The van der Waals surface area contributed by atoms with Crippen molar-refractivity contribution in [3.05, 3.63) is 23.3 Å². The number of ether oxygens (including phenoxy) is 1. The van der Waals surface area contributed by atoms with Gasteiger partial charge in [-0.3, -0.25) is 0 Å². The van der Waals surface area contributed by atoms with E-state index in [0.29, 0.717) is 11.3 Å². The van der Waals surface area contributed by atoms with Gasteiger partial charge in [0.05, 0.1) is 7.11 Å². The van der Waals surface area contributed by atoms with Crippen molar-refractivity contribution in [2.75, 3.05) is 20.2 Å². The highest BCUT2D eigenvalue weighted by atomic mass is 35.5. The molecule has 126 valence electrons. The van der Waals surface area contributed by atoms with Gasteiger partial charge >= 0.3 is 0 Å². The molecule has 1 saturated heterocycles. The van der Waals surface area contributed by atoms with Crippen LogP contribution in [0.2, 0.25) is 0 Å². The van der Waals surface area contributed by atoms with Crippen molar-refractivity contribution in [3.63, 3.8) is 0 Å². The third kappa shape index (κ3) is 4.13. The first kappa shape index (κ1) is 19.2. The number of halogens is 1. The first-order valence-electron chi connectivity index (χ1n) is 7.23. The molecule has 22 heavy (non-hydrogen) atoms. The van der Waals surface area contributed by atoms with Crippen LogP contribution in [0.25, 0.3) is 0 Å². The number of aryl methyl sites for hydroxylation is 2. The van der Waals surface area contributed by atoms with Crippen LogP contribution in [0.3, 0.4) is 0 Å². The van der Waals surface area contributed by atoms with E-state index < -0.39 is 10.0 Å². The van der Waals surface area contributed by atoms with Crippen molar-refractivity contribution in [1.29, 1.82) is 0 Å². The van der Waals surface area contributed by atoms with E-state index in [0.717, 1.165) is 25.1 Å². The summed E-state index contributed by atoms with van der Waals surface area (Å²) in [4.78, 5) is 0.251. The fraction of sp³-hybridized carbons (Fsp3) is 0.600. The lowest BCUT2D eigenvalue weighted by Crippen LogP contribution is -2.48. The Labute approximate surface area is 139 Å². The fourth-order valence-electron chi connectivity index (χ4n) is 2.86. The van der Waals surface area contributed by atoms with Crippen molar-refractivity contribution in [3.8, 4) is 5.75 Å². The maximum absolute atomic E-state index is 12.7. The fourth-order valence-corrected chi connectivity index (χ4v) is 4.62. The van der Waals surface area contributed by atoms with Crippen molar-refractivity contribution < 1.29 is 13.2 Å². The van der Waals surface area contributed by atoms with Crippen LogP contribution in [-0.2, 0) is 10.0 Å². The molecule has 0 spiro atoms. The van der Waals surface area contributed by atoms with E-state index in [1.807, 2.05) is 13.0 Å². The molecule has 2 unspecified atom stereocenters. The molecule has 0 bridgehead atoms. The molecule has 5 nitrogen and oxygen atoms in total. The zero-order valence-electron chi connectivity index (χ0n) is 13.5. The lowest BCUT2D eigenvalue weighted by molar-refractivity contribution is 0.327. The Morgan fingerprint density at radius 1 is 1.32 bits per heavy atom. The molecule has 1 aromatic carbocycles. The first-order valence-corrected chi connectivity index (χ1v) is 8.71. The van der Waals surface area contributed by atoms with E-state index >= 15 is 0 Å². The highest BCUT2D eigenvalue weighted by molar-refractivity contribution is 7.89. The van der Waals surface area contributed by atoms with Crippen LogP contribution in [0.4, 0.5) is 0 Å². The van der Waals surface area contributed by atoms with Crippen molar-refractivity contribution in [2.45, 2.75) is 38.1 Å². The average Bonchev–Trinajstić information content (AvgIpc) is 2.39. The molecule has 1 aromatic rings. The van der Waals surface area contributed by atoms with Crippen molar-refractivity contribution in [2.24, 2.45) is 5.92 Å². The van der Waals surface area contributed by atoms with Crippen LogP contribution in [0.15, 0.2) is 17.0 Å². The molecule has 1 aliphatic heterocycles. The summed E-state index contributed by atoms with van der Waals surface area (Å²) in [5.41, 5.74) is 1.69. The predicted molar refractivity (Wildman–Crippen MR) is 90.5 cm³/mol. The van der Waals surface area contributed by atoms with Crippen LogP contribution in [0, 0.1) is 19.8 Å². The minimum Gasteiger partial charge on any atom is -0.495 e. The number of benzene rings is 1. The van der Waals surface area contributed by atoms with Gasteiger partial charge in [-0.15, -0.1) is 12.4 Å². The van der Waals surface area contributed by atoms with E-state index in [9.17, 15) is 8.42 Å². The van der Waals surface area contributed by atoms with Crippen LogP contribution in [-0.4, -0.2) is 34.7 Å². The molecular weight excluding hydrogens is 324 g/mol. The van der Waals surface area contributed by atoms with Gasteiger partial charge in [-0.25, -0.2) is 13.1 Å². The Bertz CT molecular complexity index is 619. The molecule has 2 rings (SSSR count). The van der Waals surface area contributed by atoms with Gasteiger partial charge in [-0.1, -0.05) is 13.0 Å². The van der Waals surface area contributed by atoms with Gasteiger partial charge < -0.3 is 10.1 Å². The summed E-state index contributed by atoms with van der Waals surface area (Å²) in [7, 11) is -2.09. The summed E-state index contributed by atoms with van der Waals surface area (Å²) < 4.78 is 33.6. The van der Waals surface area contributed by atoms with Gasteiger partial charge in [0.1, 0.15) is 10.6 Å². The van der Waals surface area contributed by atoms with E-state index in [2.05, 4.69) is 17.0 Å². The topological polar surface area (TPSA) is 67.4 Å². The Kier molecular flexibility index (Phi) is 6.67. The van der Waals surface area contributed by atoms with E-state index in [-0.39, 0.29) is 29.3 Å². The minimum atomic E-state index is -3.59. The zero-order valence-corrected chi connectivity index (χ0v) is 15.1. The largest absolute Gasteiger partial charge is 0.495 e. The molecule has 7 heteroatoms. The predicted octanol–water partition coefficient (Wildman–Crippen LogP) is 2.01. The molecule has 0 saturated carbocycles. The molecule has 0 aliphatic carbocycles. The lowest BCUT2D eigenvalue weighted by Gasteiger charge is -2.30. The maximum atomic E-state index is 12.7. The highest BCUT2D eigenvalue weighted by Crippen LogP contribution is 2.29. The lowest BCUT2D eigenvalue weighted by atomic mass is 9.97. The van der Waals surface area contributed by atoms with Crippen LogP contribution in [0.5, 0.6) is 5.75 Å². The summed E-state index contributed by atoms with van der Waals surface area (Å²) in [5.74, 6) is 0.673. The third-order valence-electron chi connectivity index (χ3n) is 3.97. The number of piperidine rings is 1. The van der Waals surface area contributed by atoms with E-state index in [1.165, 1.54) is 7.11 Å². The quantitative estimate of drug-likeness (QED) is 0.873. The van der Waals surface area contributed by atoms with Crippen LogP contribution < -0.4 is 14.8 Å². The number of hydrogen-bond donors (Lipinski definition) is 2. The van der Waals surface area contributed by atoms with Gasteiger partial charge in [0.15, 0.2) is 0 Å². The second-order valence-corrected chi connectivity index (χ2v) is 7.46. The minimum absolute atomic E-state index is 0. The smallest absolute Gasteiger partial charge is 0.244 e. The number of sulfonamides is 1. The number of nitrogens with one attached hydrogen (secondary N) is 2. The van der Waals surface area contributed by atoms with Gasteiger partial charge in [0, 0.05) is 6.04 Å². The van der Waals surface area contributed by atoms with Gasteiger partial charge in [-0.2, -0.15) is 0 Å². The highest BCUT2D eigenvalue weighted by Gasteiger charge is 2.29. The number of rotatable bonds is 4. The summed E-state index contributed by atoms with van der Waals surface area (Å²) in [6.07, 6.45) is 0.799. The van der Waals surface area contributed by atoms with E-state index in [4.69, 9.17) is 4.74 Å². The van der Waals surface area contributed by atoms with Gasteiger partial charge in [0.2, 0.25) is 10.0 Å². The Hall–Kier alpha value is -0.820. The Balaban J connectivity index is 0.00000242. The molecule has 0 amide bonds. The third-order valence-corrected chi connectivity index (χ3v) is 5.64. The molecule has 1 fully saturated rings. The Morgan fingerprint density at radius 2 is 2.00 bits per heavy atom. The summed E-state index contributed by atoms with van der Waals surface area (Å²) >= 11 is 0. The number of hydrogen-bond acceptors (Lipinski definition) is 4. The number of methoxy groups -OCH3 is 1. The molecular formula is C15H25ClN2O3S. The molecule has 1 heterocycles. The first-order chi connectivity index (χ1) is 9.85. The molecule has 2 N–H and O–H groups in total. The second-order valence-electron chi connectivity index (χ2n) is 5.81. The zero-order chi connectivity index (χ0) is 15.6. The van der Waals surface area contributed by atoms with Crippen molar-refractivity contribution in [1.82, 2.24) is 10.0 Å². The molecule has 2 atom stereocenters. The van der Waals surface area contributed by atoms with Crippen LogP contribution in [0.1, 0.15) is 24.5 Å². The van der Waals surface area contributed by atoms with Gasteiger partial charge in [-0.05, 0) is 56.5 Å². The van der Waals surface area contributed by atoms with Crippen LogP contribution >= 0.6 is 12.4 Å². The summed E-state index contributed by atoms with van der Waals surface area (Å²) in [6, 6.07) is 3.58. The summed E-state index contributed by atoms with van der Waals surface area (Å²) in [5, 5.41) is 3.27. The summed E-state index contributed by atoms with van der Waals surface area (Å²) in [6.45, 7) is 7.45. The molecule has 1 aliphatic rings.